The molecule has 0 atom stereocenters. The molecule has 0 aliphatic carbocycles. The molecule has 0 aliphatic heterocycles. The van der Waals surface area contributed by atoms with Crippen LogP contribution in [0.4, 0.5) is 21.6 Å². The summed E-state index contributed by atoms with van der Waals surface area (Å²) in [4.78, 5) is 40.7. The lowest BCUT2D eigenvalue weighted by Gasteiger charge is -2.20. The van der Waals surface area contributed by atoms with Crippen LogP contribution in [-0.2, 0) is 30.0 Å². The summed E-state index contributed by atoms with van der Waals surface area (Å²) in [7, 11) is -2.15. The van der Waals surface area contributed by atoms with Gasteiger partial charge in [0.15, 0.2) is 0 Å². The van der Waals surface area contributed by atoms with Gasteiger partial charge in [0, 0.05) is 19.2 Å². The van der Waals surface area contributed by atoms with E-state index in [2.05, 4.69) is 10.0 Å². The molecule has 10 nitrogen and oxygen atoms in total. The number of nitrogens with zero attached hydrogens (tertiary/aromatic N) is 3. The first kappa shape index (κ1) is 27.8. The van der Waals surface area contributed by atoms with E-state index in [1.165, 1.54) is 54.3 Å². The number of sulfonamides is 1. The van der Waals surface area contributed by atoms with Crippen molar-refractivity contribution in [2.24, 2.45) is 7.05 Å². The van der Waals surface area contributed by atoms with Crippen LogP contribution in [-0.4, -0.2) is 27.9 Å². The highest BCUT2D eigenvalue weighted by atomic mass is 32.2. The lowest BCUT2D eigenvalue weighted by molar-refractivity contribution is 0.602. The van der Waals surface area contributed by atoms with E-state index in [0.29, 0.717) is 6.42 Å². The standard InChI is InChI=1S/C27H30FN5O5S/c1-6-17-12-13-21(20(28)14-17)29-24-22-23(16(4)25(34)31(24)5)33(27(36)32(7-2)26(22)35)19-11-9-10-18(15-19)30-39(37,38)8-3/h9-15,29-30H,6-8H2,1-5H3. The van der Waals surface area contributed by atoms with Gasteiger partial charge in [0.2, 0.25) is 10.0 Å². The molecule has 0 bridgehead atoms. The summed E-state index contributed by atoms with van der Waals surface area (Å²) in [5, 5.41) is 2.92. The number of aryl methyl sites for hydroxylation is 2. The van der Waals surface area contributed by atoms with Crippen molar-refractivity contribution in [2.75, 3.05) is 15.8 Å². The van der Waals surface area contributed by atoms with Crippen LogP contribution < -0.4 is 26.8 Å². The first-order chi connectivity index (χ1) is 18.4. The highest BCUT2D eigenvalue weighted by Gasteiger charge is 2.23. The fraction of sp³-hybridized carbons (Fsp3) is 0.296. The summed E-state index contributed by atoms with van der Waals surface area (Å²) >= 11 is 0. The van der Waals surface area contributed by atoms with Crippen molar-refractivity contribution in [1.29, 1.82) is 0 Å². The maximum absolute atomic E-state index is 15.0. The Balaban J connectivity index is 2.10. The molecule has 2 aromatic heterocycles. The fourth-order valence-electron chi connectivity index (χ4n) is 4.47. The van der Waals surface area contributed by atoms with E-state index in [-0.39, 0.29) is 51.6 Å². The van der Waals surface area contributed by atoms with Crippen molar-refractivity contribution in [3.8, 4) is 5.69 Å². The van der Waals surface area contributed by atoms with Crippen LogP contribution in [0.1, 0.15) is 31.9 Å². The van der Waals surface area contributed by atoms with Crippen LogP contribution >= 0.6 is 0 Å². The number of anilines is 3. The normalized spacial score (nSPS) is 11.6. The van der Waals surface area contributed by atoms with E-state index in [9.17, 15) is 27.2 Å². The van der Waals surface area contributed by atoms with Crippen molar-refractivity contribution in [3.63, 3.8) is 0 Å². The molecule has 4 rings (SSSR count). The lowest BCUT2D eigenvalue weighted by atomic mass is 10.1. The summed E-state index contributed by atoms with van der Waals surface area (Å²) < 4.78 is 45.1. The molecule has 4 aromatic rings. The number of fused-ring (bicyclic) bond motifs is 1. The molecule has 0 fully saturated rings. The van der Waals surface area contributed by atoms with Gasteiger partial charge in [0.05, 0.1) is 28.3 Å². The van der Waals surface area contributed by atoms with Gasteiger partial charge in [-0.25, -0.2) is 17.6 Å². The highest BCUT2D eigenvalue weighted by molar-refractivity contribution is 7.92. The lowest BCUT2D eigenvalue weighted by Crippen LogP contribution is -2.41. The zero-order valence-electron chi connectivity index (χ0n) is 22.3. The van der Waals surface area contributed by atoms with Crippen LogP contribution in [0, 0.1) is 12.7 Å². The van der Waals surface area contributed by atoms with Gasteiger partial charge in [0.1, 0.15) is 17.0 Å². The molecule has 0 radical (unpaired) electrons. The number of nitrogens with one attached hydrogen (secondary N) is 2. The average molecular weight is 556 g/mol. The molecule has 39 heavy (non-hydrogen) atoms. The number of pyridine rings is 1. The number of aromatic nitrogens is 3. The smallest absolute Gasteiger partial charge is 0.336 e. The summed E-state index contributed by atoms with van der Waals surface area (Å²) in [5.41, 5.74) is -0.399. The SMILES string of the molecule is CCc1ccc(Nc2c3c(=O)n(CC)c(=O)n(-c4cccc(NS(=O)(=O)CC)c4)c3c(C)c(=O)n2C)c(F)c1. The molecule has 206 valence electrons. The number of hydrogen-bond acceptors (Lipinski definition) is 6. The van der Waals surface area contributed by atoms with Gasteiger partial charge in [-0.2, -0.15) is 0 Å². The molecular formula is C27H30FN5O5S. The van der Waals surface area contributed by atoms with Gasteiger partial charge < -0.3 is 5.32 Å². The maximum Gasteiger partial charge on any atom is 0.336 e. The Kier molecular flexibility index (Phi) is 7.51. The Morgan fingerprint density at radius 3 is 2.31 bits per heavy atom. The average Bonchev–Trinajstić information content (AvgIpc) is 2.90. The predicted octanol–water partition coefficient (Wildman–Crippen LogP) is 3.39. The Morgan fingerprint density at radius 2 is 1.69 bits per heavy atom. The third-order valence-corrected chi connectivity index (χ3v) is 7.97. The van der Waals surface area contributed by atoms with E-state index in [0.717, 1.165) is 10.1 Å². The summed E-state index contributed by atoms with van der Waals surface area (Å²) in [5.74, 6) is -0.691. The van der Waals surface area contributed by atoms with Gasteiger partial charge >= 0.3 is 5.69 Å². The van der Waals surface area contributed by atoms with Crippen molar-refractivity contribution >= 4 is 38.1 Å². The van der Waals surface area contributed by atoms with Crippen LogP contribution in [0.15, 0.2) is 56.8 Å². The Morgan fingerprint density at radius 1 is 0.974 bits per heavy atom. The summed E-state index contributed by atoms with van der Waals surface area (Å²) in [6.45, 7) is 6.55. The second-order valence-corrected chi connectivity index (χ2v) is 11.1. The minimum atomic E-state index is -3.61. The van der Waals surface area contributed by atoms with Gasteiger partial charge in [-0.15, -0.1) is 0 Å². The third kappa shape index (κ3) is 4.99. The molecular weight excluding hydrogens is 525 g/mol. The van der Waals surface area contributed by atoms with E-state index in [4.69, 9.17) is 0 Å². The zero-order valence-corrected chi connectivity index (χ0v) is 23.1. The molecule has 0 aliphatic rings. The van der Waals surface area contributed by atoms with Crippen LogP contribution in [0.5, 0.6) is 0 Å². The zero-order chi connectivity index (χ0) is 28.6. The van der Waals surface area contributed by atoms with Crippen molar-refractivity contribution < 1.29 is 12.8 Å². The second kappa shape index (κ2) is 10.5. The summed E-state index contributed by atoms with van der Waals surface area (Å²) in [6.07, 6.45) is 0.629. The highest BCUT2D eigenvalue weighted by Crippen LogP contribution is 2.28. The molecule has 2 heterocycles. The van der Waals surface area contributed by atoms with E-state index in [1.807, 2.05) is 6.92 Å². The minimum absolute atomic E-state index is 0.00885. The molecule has 12 heteroatoms. The molecule has 0 saturated carbocycles. The van der Waals surface area contributed by atoms with Gasteiger partial charge in [-0.3, -0.25) is 28.0 Å². The molecule has 0 amide bonds. The number of rotatable bonds is 8. The molecule has 0 saturated heterocycles. The van der Waals surface area contributed by atoms with Crippen molar-refractivity contribution in [2.45, 2.75) is 40.7 Å². The third-order valence-electron chi connectivity index (χ3n) is 6.66. The maximum atomic E-state index is 15.0. The number of benzene rings is 2. The number of hydrogen-bond donors (Lipinski definition) is 2. The first-order valence-corrected chi connectivity index (χ1v) is 14.1. The van der Waals surface area contributed by atoms with Crippen LogP contribution in [0.2, 0.25) is 0 Å². The summed E-state index contributed by atoms with van der Waals surface area (Å²) in [6, 6.07) is 10.8. The van der Waals surface area contributed by atoms with E-state index >= 15 is 0 Å². The monoisotopic (exact) mass is 555 g/mol. The van der Waals surface area contributed by atoms with E-state index < -0.39 is 32.6 Å². The van der Waals surface area contributed by atoms with Gasteiger partial charge in [0.25, 0.3) is 11.1 Å². The van der Waals surface area contributed by atoms with E-state index in [1.54, 1.807) is 25.1 Å². The fourth-order valence-corrected chi connectivity index (χ4v) is 5.10. The van der Waals surface area contributed by atoms with Crippen LogP contribution in [0.3, 0.4) is 0 Å². The Hall–Kier alpha value is -4.19. The molecule has 0 unspecified atom stereocenters. The second-order valence-electron chi connectivity index (χ2n) is 9.08. The number of halogens is 1. The topological polar surface area (TPSA) is 124 Å². The van der Waals surface area contributed by atoms with Crippen LogP contribution in [0.25, 0.3) is 16.6 Å². The quantitative estimate of drug-likeness (QED) is 0.344. The molecule has 2 aromatic carbocycles. The van der Waals surface area contributed by atoms with Crippen molar-refractivity contribution in [3.05, 3.63) is 90.6 Å². The Labute approximate surface area is 224 Å². The minimum Gasteiger partial charge on any atom is -0.338 e. The largest absolute Gasteiger partial charge is 0.338 e. The molecule has 2 N–H and O–H groups in total. The Bertz CT molecular complexity index is 1890. The predicted molar refractivity (Wildman–Crippen MR) is 152 cm³/mol. The van der Waals surface area contributed by atoms with Gasteiger partial charge in [-0.1, -0.05) is 19.1 Å². The first-order valence-electron chi connectivity index (χ1n) is 12.5. The van der Waals surface area contributed by atoms with Gasteiger partial charge in [-0.05, 0) is 63.1 Å². The molecule has 0 spiro atoms. The van der Waals surface area contributed by atoms with Crippen molar-refractivity contribution in [1.82, 2.24) is 13.7 Å².